The van der Waals surface area contributed by atoms with Gasteiger partial charge in [-0.05, 0) is 152 Å². The minimum absolute atomic E-state index is 0.472. The van der Waals surface area contributed by atoms with Crippen molar-refractivity contribution in [3.8, 4) is 50.7 Å². The van der Waals surface area contributed by atoms with E-state index < -0.39 is 10.8 Å². The average molecular weight is 1080 g/mol. The Morgan fingerprint density at radius 1 is 0.262 bits per heavy atom. The fourth-order valence-corrected chi connectivity index (χ4v) is 17.5. The van der Waals surface area contributed by atoms with Gasteiger partial charge in [-0.15, -0.1) is 0 Å². The first-order valence-corrected chi connectivity index (χ1v) is 29.8. The van der Waals surface area contributed by atoms with Gasteiger partial charge in [-0.25, -0.2) is 0 Å². The molecule has 0 N–H and O–H groups in total. The van der Waals surface area contributed by atoms with Crippen molar-refractivity contribution in [2.75, 3.05) is 0 Å². The third kappa shape index (κ3) is 5.44. The highest BCUT2D eigenvalue weighted by atomic mass is 32.2. The monoisotopic (exact) mass is 1080 g/mol. The van der Waals surface area contributed by atoms with Crippen LogP contribution in [0.25, 0.3) is 116 Å². The largest absolute Gasteiger partial charge is 0.309 e. The van der Waals surface area contributed by atoms with Crippen molar-refractivity contribution in [3.63, 3.8) is 0 Å². The van der Waals surface area contributed by atoms with Crippen LogP contribution in [-0.2, 0) is 10.8 Å². The Morgan fingerprint density at radius 2 is 0.690 bits per heavy atom. The first-order valence-electron chi connectivity index (χ1n) is 29.0. The van der Waals surface area contributed by atoms with Crippen LogP contribution in [0.15, 0.2) is 283 Å². The highest BCUT2D eigenvalue weighted by Gasteiger charge is 2.56. The van der Waals surface area contributed by atoms with Crippen LogP contribution in [0.2, 0.25) is 0 Å². The fourth-order valence-electron chi connectivity index (χ4n) is 16.3. The van der Waals surface area contributed by atoms with Crippen LogP contribution in [0.4, 0.5) is 0 Å². The second-order valence-corrected chi connectivity index (χ2v) is 24.2. The molecule has 6 heterocycles. The Morgan fingerprint density at radius 3 is 1.25 bits per heavy atom. The lowest BCUT2D eigenvalue weighted by Crippen LogP contribution is -2.33. The van der Waals surface area contributed by atoms with Crippen molar-refractivity contribution in [3.05, 3.63) is 318 Å². The SMILES string of the molecule is c1ccc2c(c1)Sc1cc3c(cc1C21c2cccnc2-c2ncc(-n4c5ccc(-n6c7ccccc7c7ccccc76)cc5c5cc(-n6c7ccccc7c7ccccc76)ccc54)cc21)-c1ccccc1C31c2ccccc2-c2ccccc21. The molecule has 0 saturated carbocycles. The van der Waals surface area contributed by atoms with E-state index in [9.17, 15) is 0 Å². The van der Waals surface area contributed by atoms with Gasteiger partial charge in [0.05, 0.1) is 67.2 Å². The van der Waals surface area contributed by atoms with Crippen molar-refractivity contribution in [1.82, 2.24) is 23.7 Å². The van der Waals surface area contributed by atoms with Crippen molar-refractivity contribution in [1.29, 1.82) is 0 Å². The number of aromatic nitrogens is 5. The molecule has 20 rings (SSSR count). The van der Waals surface area contributed by atoms with E-state index in [0.717, 1.165) is 61.4 Å². The minimum Gasteiger partial charge on any atom is -0.309 e. The molecule has 84 heavy (non-hydrogen) atoms. The molecule has 6 heteroatoms. The van der Waals surface area contributed by atoms with Gasteiger partial charge < -0.3 is 13.7 Å². The Kier molecular flexibility index (Phi) is 8.67. The van der Waals surface area contributed by atoms with Gasteiger partial charge in [-0.1, -0.05) is 182 Å². The van der Waals surface area contributed by atoms with Gasteiger partial charge in [-0.2, -0.15) is 0 Å². The van der Waals surface area contributed by atoms with Gasteiger partial charge in [0.25, 0.3) is 0 Å². The zero-order valence-corrected chi connectivity index (χ0v) is 45.9. The topological polar surface area (TPSA) is 40.6 Å². The van der Waals surface area contributed by atoms with Gasteiger partial charge in [0.15, 0.2) is 0 Å². The summed E-state index contributed by atoms with van der Waals surface area (Å²) >= 11 is 1.90. The number of rotatable bonds is 3. The maximum Gasteiger partial charge on any atom is 0.0939 e. The summed E-state index contributed by atoms with van der Waals surface area (Å²) in [5.74, 6) is 0. The molecule has 4 aliphatic rings. The van der Waals surface area contributed by atoms with Gasteiger partial charge in [-0.3, -0.25) is 9.97 Å². The molecule has 1 unspecified atom stereocenters. The first-order chi connectivity index (χ1) is 41.7. The van der Waals surface area contributed by atoms with E-state index in [4.69, 9.17) is 9.97 Å². The molecule has 388 valence electrons. The van der Waals surface area contributed by atoms with E-state index in [2.05, 4.69) is 281 Å². The predicted molar refractivity (Wildman–Crippen MR) is 343 cm³/mol. The molecule has 11 aromatic carbocycles. The van der Waals surface area contributed by atoms with E-state index in [1.165, 1.54) is 109 Å². The molecule has 0 fully saturated rings. The third-order valence-corrected chi connectivity index (χ3v) is 20.5. The zero-order chi connectivity index (χ0) is 54.6. The Labute approximate surface area is 487 Å². The number of hydrogen-bond donors (Lipinski definition) is 0. The van der Waals surface area contributed by atoms with E-state index in [0.29, 0.717) is 0 Å². The summed E-state index contributed by atoms with van der Waals surface area (Å²) in [6.45, 7) is 0. The predicted octanol–water partition coefficient (Wildman–Crippen LogP) is 18.9. The van der Waals surface area contributed by atoms with Gasteiger partial charge in [0.2, 0.25) is 0 Å². The van der Waals surface area contributed by atoms with Crippen LogP contribution in [-0.4, -0.2) is 23.7 Å². The third-order valence-electron chi connectivity index (χ3n) is 19.4. The van der Waals surface area contributed by atoms with Crippen LogP contribution in [0.5, 0.6) is 0 Å². The molecule has 1 aliphatic heterocycles. The molecular formula is C78H45N5S. The Bertz CT molecular complexity index is 5320. The van der Waals surface area contributed by atoms with E-state index in [1.807, 2.05) is 18.0 Å². The molecule has 0 bridgehead atoms. The lowest BCUT2D eigenvalue weighted by molar-refractivity contribution is 0.714. The summed E-state index contributed by atoms with van der Waals surface area (Å²) in [4.78, 5) is 13.4. The summed E-state index contributed by atoms with van der Waals surface area (Å²) in [7, 11) is 0. The van der Waals surface area contributed by atoms with E-state index >= 15 is 0 Å². The smallest absolute Gasteiger partial charge is 0.0939 e. The van der Waals surface area contributed by atoms with Gasteiger partial charge >= 0.3 is 0 Å². The van der Waals surface area contributed by atoms with Crippen LogP contribution >= 0.6 is 11.8 Å². The highest BCUT2D eigenvalue weighted by Crippen LogP contribution is 2.67. The molecular weight excluding hydrogens is 1040 g/mol. The summed E-state index contributed by atoms with van der Waals surface area (Å²) in [6.07, 6.45) is 4.04. The Hall–Kier alpha value is -10.5. The van der Waals surface area contributed by atoms with Crippen LogP contribution in [0, 0.1) is 0 Å². The van der Waals surface area contributed by atoms with E-state index in [-0.39, 0.29) is 0 Å². The van der Waals surface area contributed by atoms with Crippen LogP contribution in [0.3, 0.4) is 0 Å². The number of pyridine rings is 2. The number of benzene rings is 11. The lowest BCUT2D eigenvalue weighted by atomic mass is 9.66. The highest BCUT2D eigenvalue weighted by molar-refractivity contribution is 7.99. The van der Waals surface area contributed by atoms with Gasteiger partial charge in [0.1, 0.15) is 0 Å². The normalized spacial score (nSPS) is 15.5. The summed E-state index contributed by atoms with van der Waals surface area (Å²) in [5, 5.41) is 7.29. The fraction of sp³-hybridized carbons (Fsp3) is 0.0256. The minimum atomic E-state index is -0.753. The second kappa shape index (κ2) is 16.1. The van der Waals surface area contributed by atoms with E-state index in [1.54, 1.807) is 0 Å². The number of fused-ring (bicyclic) bond motifs is 28. The van der Waals surface area contributed by atoms with Gasteiger partial charge in [0, 0.05) is 65.2 Å². The molecule has 1 atom stereocenters. The first kappa shape index (κ1) is 45.1. The quantitative estimate of drug-likeness (QED) is 0.177. The second-order valence-electron chi connectivity index (χ2n) is 23.1. The molecule has 3 aliphatic carbocycles. The summed E-state index contributed by atoms with van der Waals surface area (Å²) in [6, 6.07) is 97.9. The molecule has 0 saturated heterocycles. The number of nitrogens with zero attached hydrogens (tertiary/aromatic N) is 5. The average Bonchev–Trinajstić information content (AvgIpc) is 1.53. The van der Waals surface area contributed by atoms with Crippen molar-refractivity contribution in [2.45, 2.75) is 20.6 Å². The number of para-hydroxylation sites is 4. The maximum absolute atomic E-state index is 5.64. The van der Waals surface area contributed by atoms with Crippen molar-refractivity contribution < 1.29 is 0 Å². The van der Waals surface area contributed by atoms with Crippen molar-refractivity contribution >= 4 is 77.2 Å². The number of hydrogen-bond acceptors (Lipinski definition) is 3. The van der Waals surface area contributed by atoms with Crippen LogP contribution in [0.1, 0.15) is 44.5 Å². The maximum atomic E-state index is 5.64. The molecule has 0 amide bonds. The standard InChI is InChI=1S/C78H45N5S/c1-8-25-59-49(18-1)50-19-2-9-26-60(50)77(59)61-27-10-3-20-51(61)56-43-65-74(44-64(56)77)84-73-34-16-11-28-62(73)78(65)63-29-17-39-79-75(63)76-66(78)42-48(45-80-76)83-71-37-35-46(81-67-30-12-4-21-52(67)53-22-5-13-31-68(53)81)40-57(71)58-41-47(36-38-72(58)83)82-69-32-14-6-23-54(69)55-24-7-15-33-70(55)82/h1-45H. The lowest BCUT2D eigenvalue weighted by Gasteiger charge is -2.40. The molecule has 5 aromatic heterocycles. The Balaban J connectivity index is 0.863. The zero-order valence-electron chi connectivity index (χ0n) is 45.1. The molecule has 5 nitrogen and oxygen atoms in total. The molecule has 2 spiro atoms. The van der Waals surface area contributed by atoms with Crippen molar-refractivity contribution in [2.24, 2.45) is 0 Å². The summed E-state index contributed by atoms with van der Waals surface area (Å²) < 4.78 is 7.34. The summed E-state index contributed by atoms with van der Waals surface area (Å²) in [5.41, 5.74) is 26.1. The van der Waals surface area contributed by atoms with Crippen LogP contribution < -0.4 is 0 Å². The molecule has 0 radical (unpaired) electrons. The molecule has 16 aromatic rings.